The molecule has 4 amide bonds. The summed E-state index contributed by atoms with van der Waals surface area (Å²) in [4.78, 5) is 140. The van der Waals surface area contributed by atoms with Crippen LogP contribution in [0.1, 0.15) is 176 Å². The number of aliphatic carboxylic acids is 2. The van der Waals surface area contributed by atoms with Crippen LogP contribution in [0.3, 0.4) is 0 Å². The normalized spacial score (nSPS) is 15.1. The van der Waals surface area contributed by atoms with E-state index in [-0.39, 0.29) is 108 Å². The third kappa shape index (κ3) is 55.4. The number of hydrogen-bond acceptors (Lipinski definition) is 24. The van der Waals surface area contributed by atoms with Gasteiger partial charge in [0, 0.05) is 53.4 Å². The maximum atomic E-state index is 12.2. The van der Waals surface area contributed by atoms with Gasteiger partial charge in [0.15, 0.2) is 0 Å². The largest absolute Gasteiger partial charge is 0.480 e. The van der Waals surface area contributed by atoms with Crippen molar-refractivity contribution in [2.24, 2.45) is 47.0 Å². The summed E-state index contributed by atoms with van der Waals surface area (Å²) in [5.74, 6) is -3.43. The fraction of sp³-hybridized carbons (Fsp3) is 0.543. The van der Waals surface area contributed by atoms with E-state index in [0.29, 0.717) is 19.7 Å². The summed E-state index contributed by atoms with van der Waals surface area (Å²) in [6.45, 7) is 18.2. The van der Waals surface area contributed by atoms with E-state index in [1.54, 1.807) is 48.4 Å². The molecule has 30 nitrogen and oxygen atoms in total. The van der Waals surface area contributed by atoms with Crippen molar-refractivity contribution in [2.75, 3.05) is 13.6 Å². The van der Waals surface area contributed by atoms with Crippen molar-refractivity contribution in [3.05, 3.63) is 151 Å². The van der Waals surface area contributed by atoms with Crippen LogP contribution in [0, 0.1) is 42.9 Å². The maximum absolute atomic E-state index is 12.2. The van der Waals surface area contributed by atoms with E-state index in [9.17, 15) is 62.2 Å². The van der Waals surface area contributed by atoms with E-state index in [1.165, 1.54) is 47.9 Å². The molecule has 641 valence electrons. The number of alkyl carbamates (subject to hydrolysis) is 2. The molecule has 0 heterocycles. The maximum Gasteiger partial charge on any atom is 0.323 e. The quantitative estimate of drug-likeness (QED) is 0.00316. The molecule has 0 saturated heterocycles. The van der Waals surface area contributed by atoms with Crippen molar-refractivity contribution in [2.45, 2.75) is 233 Å². The third-order valence-electron chi connectivity index (χ3n) is 15.7. The second-order valence-electron chi connectivity index (χ2n) is 28.6. The van der Waals surface area contributed by atoms with Crippen molar-refractivity contribution < 1.29 is 136 Å². The Bertz CT molecular complexity index is 3520. The molecule has 6 fully saturated rings. The molecule has 34 heteroatoms. The summed E-state index contributed by atoms with van der Waals surface area (Å²) in [6, 6.07) is 35.5. The summed E-state index contributed by atoms with van der Waals surface area (Å²) in [5.41, 5.74) is 14.0. The average Bonchev–Trinajstić information content (AvgIpc) is 1.73. The Balaban J connectivity index is 0. The number of carbonyl (C=O) groups is 12. The topological polar surface area (TPSA) is 446 Å². The first kappa shape index (κ1) is 108. The summed E-state index contributed by atoms with van der Waals surface area (Å²) in [7, 11) is 3.28. The van der Waals surface area contributed by atoms with Gasteiger partial charge in [0.2, 0.25) is 11.8 Å². The molecule has 0 aromatic heterocycles. The van der Waals surface area contributed by atoms with E-state index >= 15 is 0 Å². The number of carboxylic acids is 2. The van der Waals surface area contributed by atoms with Crippen molar-refractivity contribution in [1.29, 1.82) is 0 Å². The van der Waals surface area contributed by atoms with E-state index in [2.05, 4.69) is 68.5 Å². The van der Waals surface area contributed by atoms with Gasteiger partial charge in [-0.15, -0.1) is 0 Å². The number of nitrogens with two attached hydrogens (primary N) is 2. The van der Waals surface area contributed by atoms with Crippen molar-refractivity contribution in [1.82, 2.24) is 21.3 Å². The number of carbonyl (C=O) groups excluding carboxylic acids is 10. The van der Waals surface area contributed by atoms with Gasteiger partial charge in [-0.1, -0.05) is 145 Å². The minimum atomic E-state index is -0.928. The number of halogens is 1. The van der Waals surface area contributed by atoms with Gasteiger partial charge in [-0.2, -0.15) is 0 Å². The van der Waals surface area contributed by atoms with Gasteiger partial charge >= 0.3 is 102 Å². The number of carboxylic acid groups (broad SMARTS) is 2. The van der Waals surface area contributed by atoms with Gasteiger partial charge in [0.1, 0.15) is 67.3 Å². The summed E-state index contributed by atoms with van der Waals surface area (Å²) in [6.07, 6.45) is 10.4. The molecule has 6 aliphatic carbocycles. The zero-order valence-electron chi connectivity index (χ0n) is 67.4. The first-order chi connectivity index (χ1) is 52.9. The Hall–Kier alpha value is -8.77. The van der Waals surface area contributed by atoms with E-state index < -0.39 is 95.5 Å². The second kappa shape index (κ2) is 59.0. The van der Waals surface area contributed by atoms with E-state index in [1.807, 2.05) is 109 Å². The predicted octanol–water partition coefficient (Wildman–Crippen LogP) is 10.8. The first-order valence-corrected chi connectivity index (χ1v) is 38.0. The van der Waals surface area contributed by atoms with Gasteiger partial charge < -0.3 is 83.5 Å². The molecule has 10 rings (SSSR count). The number of nitrogens with one attached hydrogen (secondary N) is 4. The molecular weight excluding hydrogens is 1650 g/mol. The Morgan fingerprint density at radius 3 is 1.00 bits per heavy atom. The van der Waals surface area contributed by atoms with Crippen molar-refractivity contribution in [3.8, 4) is 0 Å². The van der Waals surface area contributed by atoms with Gasteiger partial charge in [-0.3, -0.25) is 28.8 Å². The molecule has 6 atom stereocenters. The van der Waals surface area contributed by atoms with Gasteiger partial charge in [-0.25, -0.2) is 28.8 Å². The van der Waals surface area contributed by atoms with Crippen LogP contribution >= 0.6 is 15.9 Å². The molecule has 4 aromatic carbocycles. The summed E-state index contributed by atoms with van der Waals surface area (Å²) >= 11 is 3.36. The molecule has 115 heavy (non-hydrogen) atoms. The molecule has 0 spiro atoms. The number of amides is 4. The van der Waals surface area contributed by atoms with Crippen LogP contribution in [0.15, 0.2) is 121 Å². The number of esters is 6. The fourth-order valence-corrected chi connectivity index (χ4v) is 9.69. The number of benzene rings is 4. The smallest absolute Gasteiger partial charge is 0.323 e. The average molecular weight is 1770 g/mol. The summed E-state index contributed by atoms with van der Waals surface area (Å²) in [5, 5.41) is 28.1. The molecule has 1 radical (unpaired) electrons. The molecule has 6 saturated carbocycles. The molecular formula is C81H119B2BrN6O24Pd-. The zero-order chi connectivity index (χ0) is 83.9. The van der Waals surface area contributed by atoms with E-state index in [0.717, 1.165) is 99.1 Å². The Morgan fingerprint density at radius 2 is 0.757 bits per heavy atom. The molecule has 4 aromatic rings. The number of rotatable bonds is 27. The Labute approximate surface area is 700 Å². The molecule has 0 bridgehead atoms. The number of methoxy groups -OCH3 is 1. The van der Waals surface area contributed by atoms with Crippen LogP contribution in [0.25, 0.3) is 0 Å². The van der Waals surface area contributed by atoms with Gasteiger partial charge in [0.05, 0.1) is 7.11 Å². The zero-order valence-corrected chi connectivity index (χ0v) is 70.5. The Kier molecular flexibility index (Phi) is 55.5. The van der Waals surface area contributed by atoms with Gasteiger partial charge in [-0.05, 0) is 176 Å². The Morgan fingerprint density at radius 1 is 0.461 bits per heavy atom. The number of hydrogen-bond donors (Lipinski definition) is 8. The minimum Gasteiger partial charge on any atom is -0.480 e. The van der Waals surface area contributed by atoms with Crippen LogP contribution in [0.2, 0.25) is 6.82 Å². The fourth-order valence-electron chi connectivity index (χ4n) is 9.31. The molecule has 0 aliphatic heterocycles. The minimum absolute atomic E-state index is 0. The van der Waals surface area contributed by atoms with Crippen molar-refractivity contribution in [3.63, 3.8) is 0 Å². The number of alkyl halides is 1. The predicted molar refractivity (Wildman–Crippen MR) is 430 cm³/mol. The van der Waals surface area contributed by atoms with Crippen LogP contribution in [0.4, 0.5) is 9.59 Å². The SMILES string of the molecule is BrCc1ccccc1.C.CC(=O)N[C@H](C(=O)O)C1CC1.CC(=O)N[C@H](C(=O)OCc1ccccc1)C1CC1.CC(=O)OC(C)=O.CC(C)(C)OC(=O)N[C@H](C(=O)OCc1ccccc1)C1CC1.COC(=O)[C@@H](NC(=O)OC(C)(C)C)C1CC1.C[B]OOCB=O.N[C@H](C(=O)O)C1CC1.N[C@H](C(=O)OCc1ccccc1)C1CC1.[CH3-].[Pd]. The second-order valence-corrected chi connectivity index (χ2v) is 29.2. The summed E-state index contributed by atoms with van der Waals surface area (Å²) < 4.78 is 44.0. The van der Waals surface area contributed by atoms with Crippen molar-refractivity contribution >= 4 is 102 Å². The molecule has 6 aliphatic rings. The van der Waals surface area contributed by atoms with Crippen LogP contribution < -0.4 is 32.7 Å². The first-order valence-electron chi connectivity index (χ1n) is 36.9. The number of ether oxygens (including phenoxy) is 7. The van der Waals surface area contributed by atoms with Crippen LogP contribution in [-0.2, 0) is 141 Å². The van der Waals surface area contributed by atoms with E-state index in [4.69, 9.17) is 45.4 Å². The standard InChI is InChI=1S/C17H23NO4.C14H17NO3.C12H15NO2.C11H19NO4.C7H7Br.C7H11NO3.C5H9NO2.C4H6O3.C2H5B2O3.CH4.CH3.Pd/c1-17(2,3)22-16(20)18-14(13-9-10-13)15(19)21-11-12-7-5-4-6-8-12;1-10(16)15-13(12-7-8-12)14(17)18-9-11-5-3-2-4-6-11;13-11(10-6-7-10)12(14)15-8-9-4-2-1-3-5-9;1-11(2,3)16-10(14)12-8(7-5-6-7)9(13)15-4;8-6-7-4-2-1-3-5-7;1-4(9)8-6(7(10)11)5-2-3-5;6-4(5(7)8)3-1-2-3;1-3(5)7-4(2)6;1-3-7-6-2-4-5;;;/h4-8,13-14H,9-11H2,1-3H3,(H,18,20);2-6,12-13H,7-9H2,1H3,(H,15,16);1-5,10-11H,6-8,13H2;7-8H,5-6H2,1-4H3,(H,12,14);1-5H,6H2;5-6H,2-3H2,1H3,(H,8,9)(H,10,11);3-4H,1-2,6H2,(H,7,8);1-2H3;2H2,1H3;1H4;1H3;/q;;;;;;;;;;-1;/t14-;13-;11-;8-;;6-;4-;;;;;/m0000.00...../s1. The molecule has 10 N–H and O–H groups in total. The van der Waals surface area contributed by atoms with Crippen LogP contribution in [-0.4, -0.2) is 158 Å². The van der Waals surface area contributed by atoms with Crippen LogP contribution in [0.5, 0.6) is 0 Å². The third-order valence-corrected chi connectivity index (χ3v) is 16.4. The molecule has 0 unspecified atom stereocenters. The monoisotopic (exact) mass is 1770 g/mol. The van der Waals surface area contributed by atoms with Gasteiger partial charge in [0.25, 0.3) is 0 Å².